The summed E-state index contributed by atoms with van der Waals surface area (Å²) in [4.78, 5) is 0. The van der Waals surface area contributed by atoms with Gasteiger partial charge >= 0.3 is 0 Å². The zero-order valence-electron chi connectivity index (χ0n) is 13.2. The van der Waals surface area contributed by atoms with Gasteiger partial charge in [-0.05, 0) is 54.7 Å². The van der Waals surface area contributed by atoms with Gasteiger partial charge in [0.15, 0.2) is 0 Å². The van der Waals surface area contributed by atoms with Gasteiger partial charge in [-0.25, -0.2) is 0 Å². The summed E-state index contributed by atoms with van der Waals surface area (Å²) < 4.78 is 0. The fourth-order valence-electron chi connectivity index (χ4n) is 2.85. The second-order valence-electron chi connectivity index (χ2n) is 6.85. The van der Waals surface area contributed by atoms with E-state index < -0.39 is 0 Å². The molecule has 0 aliphatic heterocycles. The third-order valence-electron chi connectivity index (χ3n) is 4.37. The molecule has 0 radical (unpaired) electrons. The smallest absolute Gasteiger partial charge is 0.0444 e. The van der Waals surface area contributed by atoms with Gasteiger partial charge in [-0.1, -0.05) is 45.0 Å². The first kappa shape index (κ1) is 15.5. The molecule has 2 unspecified atom stereocenters. The Hall–Kier alpha value is -0.860. The van der Waals surface area contributed by atoms with Crippen molar-refractivity contribution in [1.29, 1.82) is 0 Å². The van der Waals surface area contributed by atoms with E-state index in [0.29, 0.717) is 18.5 Å². The number of benzene rings is 1. The van der Waals surface area contributed by atoms with Gasteiger partial charge in [0.2, 0.25) is 0 Å². The van der Waals surface area contributed by atoms with E-state index in [0.717, 1.165) is 24.8 Å². The predicted molar refractivity (Wildman–Crippen MR) is 86.7 cm³/mol. The summed E-state index contributed by atoms with van der Waals surface area (Å²) in [6, 6.07) is 9.28. The molecule has 0 bridgehead atoms. The van der Waals surface area contributed by atoms with E-state index in [9.17, 15) is 0 Å². The van der Waals surface area contributed by atoms with Crippen molar-refractivity contribution in [2.45, 2.75) is 46.1 Å². The first-order valence-corrected chi connectivity index (χ1v) is 8.12. The highest BCUT2D eigenvalue weighted by molar-refractivity contribution is 5.25. The number of rotatable bonds is 8. The lowest BCUT2D eigenvalue weighted by Gasteiger charge is -2.20. The molecule has 0 spiro atoms. The summed E-state index contributed by atoms with van der Waals surface area (Å²) in [7, 11) is 0. The molecule has 0 saturated heterocycles. The molecule has 1 aromatic carbocycles. The summed E-state index contributed by atoms with van der Waals surface area (Å²) in [6.45, 7) is 8.63. The zero-order chi connectivity index (χ0) is 14.5. The topological polar surface area (TPSA) is 38.0 Å². The minimum Gasteiger partial charge on any atom is -0.329 e. The van der Waals surface area contributed by atoms with E-state index in [1.807, 2.05) is 0 Å². The van der Waals surface area contributed by atoms with Gasteiger partial charge in [-0.15, -0.1) is 0 Å². The first-order chi connectivity index (χ1) is 9.60. The van der Waals surface area contributed by atoms with Crippen LogP contribution < -0.4 is 11.1 Å². The summed E-state index contributed by atoms with van der Waals surface area (Å²) in [5.74, 6) is 2.45. The molecule has 20 heavy (non-hydrogen) atoms. The molecule has 1 aliphatic carbocycles. The number of nitrogens with one attached hydrogen (secondary N) is 1. The van der Waals surface area contributed by atoms with Crippen LogP contribution in [-0.4, -0.2) is 13.1 Å². The van der Waals surface area contributed by atoms with Crippen molar-refractivity contribution in [3.63, 3.8) is 0 Å². The SMILES string of the molecule is CC(C)Cc1ccc(C(CN)NCC(C)C2CC2)cc1. The predicted octanol–water partition coefficient (Wildman–Crippen LogP) is 3.52. The Bertz CT molecular complexity index is 392. The third-order valence-corrected chi connectivity index (χ3v) is 4.37. The Morgan fingerprint density at radius 3 is 2.30 bits per heavy atom. The summed E-state index contributed by atoms with van der Waals surface area (Å²) in [6.07, 6.45) is 3.99. The van der Waals surface area contributed by atoms with Crippen LogP contribution >= 0.6 is 0 Å². The quantitative estimate of drug-likeness (QED) is 0.761. The Balaban J connectivity index is 1.89. The van der Waals surface area contributed by atoms with Crippen molar-refractivity contribution in [3.8, 4) is 0 Å². The fraction of sp³-hybridized carbons (Fsp3) is 0.667. The standard InChI is InChI=1S/C18H30N2/c1-13(2)10-15-4-6-17(7-5-15)18(11-19)20-12-14(3)16-8-9-16/h4-7,13-14,16,18,20H,8-12,19H2,1-3H3. The van der Waals surface area contributed by atoms with Gasteiger partial charge in [0.1, 0.15) is 0 Å². The van der Waals surface area contributed by atoms with Gasteiger partial charge in [0.05, 0.1) is 0 Å². The monoisotopic (exact) mass is 274 g/mol. The largest absolute Gasteiger partial charge is 0.329 e. The minimum absolute atomic E-state index is 0.296. The molecule has 112 valence electrons. The average Bonchev–Trinajstić information content (AvgIpc) is 3.24. The first-order valence-electron chi connectivity index (χ1n) is 8.12. The second-order valence-corrected chi connectivity index (χ2v) is 6.85. The van der Waals surface area contributed by atoms with Crippen molar-refractivity contribution in [1.82, 2.24) is 5.32 Å². The molecule has 1 aromatic rings. The lowest BCUT2D eigenvalue weighted by Crippen LogP contribution is -2.32. The van der Waals surface area contributed by atoms with Gasteiger partial charge in [-0.2, -0.15) is 0 Å². The lowest BCUT2D eigenvalue weighted by molar-refractivity contribution is 0.422. The maximum Gasteiger partial charge on any atom is 0.0444 e. The van der Waals surface area contributed by atoms with Crippen LogP contribution in [0.5, 0.6) is 0 Å². The summed E-state index contributed by atoms with van der Waals surface area (Å²) in [5.41, 5.74) is 8.68. The van der Waals surface area contributed by atoms with Crippen LogP contribution in [0.4, 0.5) is 0 Å². The Morgan fingerprint density at radius 1 is 1.15 bits per heavy atom. The molecule has 1 aliphatic rings. The van der Waals surface area contributed by atoms with E-state index in [2.05, 4.69) is 50.4 Å². The van der Waals surface area contributed by atoms with E-state index in [-0.39, 0.29) is 0 Å². The molecule has 2 heteroatoms. The van der Waals surface area contributed by atoms with Crippen LogP contribution in [-0.2, 0) is 6.42 Å². The Labute approximate surface area is 124 Å². The number of nitrogens with two attached hydrogens (primary N) is 1. The van der Waals surface area contributed by atoms with Crippen molar-refractivity contribution in [2.24, 2.45) is 23.5 Å². The summed E-state index contributed by atoms with van der Waals surface area (Å²) >= 11 is 0. The molecular weight excluding hydrogens is 244 g/mol. The number of hydrogen-bond acceptors (Lipinski definition) is 2. The van der Waals surface area contributed by atoms with Gasteiger partial charge in [0.25, 0.3) is 0 Å². The molecule has 2 rings (SSSR count). The maximum absolute atomic E-state index is 5.94. The van der Waals surface area contributed by atoms with Crippen molar-refractivity contribution < 1.29 is 0 Å². The lowest BCUT2D eigenvalue weighted by atomic mass is 9.99. The highest BCUT2D eigenvalue weighted by atomic mass is 14.9. The highest BCUT2D eigenvalue weighted by Gasteiger charge is 2.27. The van der Waals surface area contributed by atoms with Crippen LogP contribution in [0.25, 0.3) is 0 Å². The molecule has 2 atom stereocenters. The van der Waals surface area contributed by atoms with E-state index in [1.165, 1.54) is 24.0 Å². The average molecular weight is 274 g/mol. The molecular formula is C18H30N2. The van der Waals surface area contributed by atoms with Gasteiger partial charge in [-0.3, -0.25) is 0 Å². The fourth-order valence-corrected chi connectivity index (χ4v) is 2.85. The molecule has 2 nitrogen and oxygen atoms in total. The van der Waals surface area contributed by atoms with Crippen LogP contribution in [0.3, 0.4) is 0 Å². The zero-order valence-corrected chi connectivity index (χ0v) is 13.2. The van der Waals surface area contributed by atoms with Crippen molar-refractivity contribution in [3.05, 3.63) is 35.4 Å². The van der Waals surface area contributed by atoms with Crippen LogP contribution in [0.1, 0.15) is 50.8 Å². The minimum atomic E-state index is 0.296. The van der Waals surface area contributed by atoms with Crippen molar-refractivity contribution >= 4 is 0 Å². The highest BCUT2D eigenvalue weighted by Crippen LogP contribution is 2.36. The van der Waals surface area contributed by atoms with Crippen LogP contribution in [0.15, 0.2) is 24.3 Å². The van der Waals surface area contributed by atoms with Gasteiger partial charge < -0.3 is 11.1 Å². The van der Waals surface area contributed by atoms with Gasteiger partial charge in [0, 0.05) is 12.6 Å². The Kier molecular flexibility index (Phi) is 5.62. The molecule has 3 N–H and O–H groups in total. The molecule has 1 fully saturated rings. The third kappa shape index (κ3) is 4.60. The normalized spacial score (nSPS) is 18.2. The van der Waals surface area contributed by atoms with E-state index >= 15 is 0 Å². The maximum atomic E-state index is 5.94. The molecule has 0 amide bonds. The van der Waals surface area contributed by atoms with Crippen molar-refractivity contribution in [2.75, 3.05) is 13.1 Å². The van der Waals surface area contributed by atoms with E-state index in [1.54, 1.807) is 0 Å². The van der Waals surface area contributed by atoms with Crippen LogP contribution in [0, 0.1) is 17.8 Å². The summed E-state index contributed by atoms with van der Waals surface area (Å²) in [5, 5.41) is 3.64. The van der Waals surface area contributed by atoms with E-state index in [4.69, 9.17) is 5.73 Å². The van der Waals surface area contributed by atoms with Crippen LogP contribution in [0.2, 0.25) is 0 Å². The second kappa shape index (κ2) is 7.24. The number of hydrogen-bond donors (Lipinski definition) is 2. The Morgan fingerprint density at radius 2 is 1.80 bits per heavy atom. The molecule has 0 aromatic heterocycles. The molecule has 1 saturated carbocycles. The molecule has 0 heterocycles.